The maximum Gasteiger partial charge on any atom is 0.298 e. The highest BCUT2D eigenvalue weighted by Crippen LogP contribution is 2.27. The fourth-order valence-electron chi connectivity index (χ4n) is 3.59. The average molecular weight is 374 g/mol. The van der Waals surface area contributed by atoms with E-state index in [-0.39, 0.29) is 17.9 Å². The van der Waals surface area contributed by atoms with Gasteiger partial charge in [-0.2, -0.15) is 10.2 Å². The first-order valence-corrected chi connectivity index (χ1v) is 9.55. The van der Waals surface area contributed by atoms with Crippen molar-refractivity contribution in [2.45, 2.75) is 25.8 Å². The van der Waals surface area contributed by atoms with Crippen molar-refractivity contribution in [3.8, 4) is 6.07 Å². The molecule has 1 saturated heterocycles. The van der Waals surface area contributed by atoms with E-state index in [4.69, 9.17) is 9.68 Å². The van der Waals surface area contributed by atoms with E-state index < -0.39 is 0 Å². The first-order chi connectivity index (χ1) is 13.6. The van der Waals surface area contributed by atoms with Crippen LogP contribution in [0, 0.1) is 17.2 Å². The number of nitrogens with zero attached hydrogens (tertiary/aromatic N) is 3. The van der Waals surface area contributed by atoms with Crippen LogP contribution in [0.3, 0.4) is 0 Å². The van der Waals surface area contributed by atoms with E-state index in [2.05, 4.69) is 21.3 Å². The van der Waals surface area contributed by atoms with E-state index in [0.29, 0.717) is 11.6 Å². The highest BCUT2D eigenvalue weighted by molar-refractivity contribution is 5.79. The third-order valence-corrected chi connectivity index (χ3v) is 5.32. The Balaban J connectivity index is 1.33. The lowest BCUT2D eigenvalue weighted by atomic mass is 9.95. The van der Waals surface area contributed by atoms with Crippen LogP contribution in [0.1, 0.15) is 36.9 Å². The number of nitriles is 1. The Morgan fingerprint density at radius 3 is 2.61 bits per heavy atom. The lowest BCUT2D eigenvalue weighted by Crippen LogP contribution is -2.41. The van der Waals surface area contributed by atoms with Crippen LogP contribution in [-0.4, -0.2) is 24.0 Å². The molecule has 6 nitrogen and oxygen atoms in total. The van der Waals surface area contributed by atoms with Gasteiger partial charge < -0.3 is 14.6 Å². The number of oxazole rings is 1. The first-order valence-electron chi connectivity index (χ1n) is 9.55. The number of aromatic nitrogens is 1. The van der Waals surface area contributed by atoms with Crippen molar-refractivity contribution < 1.29 is 9.21 Å². The Kier molecular flexibility index (Phi) is 4.98. The zero-order chi connectivity index (χ0) is 19.5. The zero-order valence-corrected chi connectivity index (χ0v) is 15.8. The smallest absolute Gasteiger partial charge is 0.298 e. The summed E-state index contributed by atoms with van der Waals surface area (Å²) in [5.74, 6) is 0.0653. The number of hydrogen-bond acceptors (Lipinski definition) is 5. The van der Waals surface area contributed by atoms with Gasteiger partial charge in [-0.1, -0.05) is 24.3 Å². The molecule has 2 aromatic carbocycles. The minimum atomic E-state index is -0.0877. The van der Waals surface area contributed by atoms with Gasteiger partial charge in [0.05, 0.1) is 17.7 Å². The van der Waals surface area contributed by atoms with E-state index in [1.165, 1.54) is 0 Å². The molecule has 1 aliphatic heterocycles. The summed E-state index contributed by atoms with van der Waals surface area (Å²) in [7, 11) is 0. The van der Waals surface area contributed by atoms with E-state index in [9.17, 15) is 4.79 Å². The molecule has 1 fully saturated rings. The van der Waals surface area contributed by atoms with Gasteiger partial charge in [0, 0.05) is 19.0 Å². The molecule has 1 aromatic heterocycles. The summed E-state index contributed by atoms with van der Waals surface area (Å²) in [6.07, 6.45) is 1.54. The monoisotopic (exact) mass is 374 g/mol. The van der Waals surface area contributed by atoms with E-state index in [1.54, 1.807) is 12.1 Å². The highest BCUT2D eigenvalue weighted by Gasteiger charge is 2.28. The molecule has 28 heavy (non-hydrogen) atoms. The minimum Gasteiger partial charge on any atom is -0.423 e. The van der Waals surface area contributed by atoms with E-state index in [1.807, 2.05) is 43.3 Å². The zero-order valence-electron chi connectivity index (χ0n) is 15.8. The lowest BCUT2D eigenvalue weighted by molar-refractivity contribution is -0.126. The first kappa shape index (κ1) is 18.1. The van der Waals surface area contributed by atoms with Gasteiger partial charge in [0.15, 0.2) is 5.58 Å². The normalized spacial score (nSPS) is 15.9. The minimum absolute atomic E-state index is 0.0125. The largest absolute Gasteiger partial charge is 0.423 e. The van der Waals surface area contributed by atoms with Gasteiger partial charge in [-0.15, -0.1) is 0 Å². The van der Waals surface area contributed by atoms with Crippen molar-refractivity contribution in [3.63, 3.8) is 0 Å². The highest BCUT2D eigenvalue weighted by atomic mass is 16.4. The molecule has 3 aromatic rings. The number of rotatable bonds is 4. The van der Waals surface area contributed by atoms with Gasteiger partial charge >= 0.3 is 0 Å². The van der Waals surface area contributed by atoms with Gasteiger partial charge in [-0.3, -0.25) is 4.79 Å². The molecular weight excluding hydrogens is 352 g/mol. The molecule has 0 spiro atoms. The number of nitrogens with one attached hydrogen (secondary N) is 1. The van der Waals surface area contributed by atoms with E-state index >= 15 is 0 Å². The second-order valence-corrected chi connectivity index (χ2v) is 7.19. The maximum absolute atomic E-state index is 12.7. The fourth-order valence-corrected chi connectivity index (χ4v) is 3.59. The van der Waals surface area contributed by atoms with Gasteiger partial charge in [0.25, 0.3) is 6.01 Å². The van der Waals surface area contributed by atoms with Crippen molar-refractivity contribution in [2.75, 3.05) is 18.0 Å². The third-order valence-electron chi connectivity index (χ3n) is 5.32. The summed E-state index contributed by atoms with van der Waals surface area (Å²) >= 11 is 0. The summed E-state index contributed by atoms with van der Waals surface area (Å²) in [4.78, 5) is 19.3. The molecule has 1 aliphatic rings. The van der Waals surface area contributed by atoms with Crippen molar-refractivity contribution in [1.29, 1.82) is 5.26 Å². The molecule has 142 valence electrons. The summed E-state index contributed by atoms with van der Waals surface area (Å²) in [6.45, 7) is 3.46. The average Bonchev–Trinajstić information content (AvgIpc) is 3.18. The lowest BCUT2D eigenvalue weighted by Gasteiger charge is -2.30. The second-order valence-electron chi connectivity index (χ2n) is 7.19. The Morgan fingerprint density at radius 2 is 1.93 bits per heavy atom. The fraction of sp³-hybridized carbons (Fsp3) is 0.318. The summed E-state index contributed by atoms with van der Waals surface area (Å²) in [5, 5.41) is 12.0. The number of piperidine rings is 1. The molecule has 1 amide bonds. The number of carbonyl (C=O) groups excluding carboxylic acids is 1. The van der Waals surface area contributed by atoms with Crippen molar-refractivity contribution >= 4 is 23.0 Å². The third kappa shape index (κ3) is 3.70. The van der Waals surface area contributed by atoms with Crippen LogP contribution in [0.25, 0.3) is 11.1 Å². The molecule has 0 aliphatic carbocycles. The SMILES string of the molecule is CC(NC(=O)C1CCN(c2nc3ccccc3o2)CC1)c1ccc(C#N)cc1. The summed E-state index contributed by atoms with van der Waals surface area (Å²) in [5.41, 5.74) is 3.26. The van der Waals surface area contributed by atoms with Gasteiger partial charge in [0.1, 0.15) is 5.52 Å². The topological polar surface area (TPSA) is 82.2 Å². The molecule has 1 unspecified atom stereocenters. The number of fused-ring (bicyclic) bond motifs is 1. The van der Waals surface area contributed by atoms with E-state index in [0.717, 1.165) is 42.6 Å². The van der Waals surface area contributed by atoms with Gasteiger partial charge in [-0.25, -0.2) is 0 Å². The molecule has 0 radical (unpaired) electrons. The van der Waals surface area contributed by atoms with Crippen LogP contribution >= 0.6 is 0 Å². The Labute approximate surface area is 163 Å². The summed E-state index contributed by atoms with van der Waals surface area (Å²) in [6, 6.07) is 17.7. The van der Waals surface area contributed by atoms with Crippen LogP contribution in [0.5, 0.6) is 0 Å². The molecule has 0 saturated carbocycles. The van der Waals surface area contributed by atoms with Crippen LogP contribution in [0.15, 0.2) is 52.9 Å². The molecule has 2 heterocycles. The number of amides is 1. The maximum atomic E-state index is 12.7. The second kappa shape index (κ2) is 7.73. The predicted molar refractivity (Wildman–Crippen MR) is 107 cm³/mol. The van der Waals surface area contributed by atoms with Crippen LogP contribution in [0.4, 0.5) is 6.01 Å². The molecule has 0 bridgehead atoms. The number of benzene rings is 2. The Morgan fingerprint density at radius 1 is 1.21 bits per heavy atom. The molecule has 6 heteroatoms. The molecular formula is C22H22N4O2. The van der Waals surface area contributed by atoms with Crippen molar-refractivity contribution in [3.05, 3.63) is 59.7 Å². The standard InChI is InChI=1S/C22H22N4O2/c1-15(17-8-6-16(14-23)7-9-17)24-21(27)18-10-12-26(13-11-18)22-25-19-4-2-3-5-20(19)28-22/h2-9,15,18H,10-13H2,1H3,(H,24,27). The van der Waals surface area contributed by atoms with Gasteiger partial charge in [0.2, 0.25) is 5.91 Å². The van der Waals surface area contributed by atoms with Crippen LogP contribution in [0.2, 0.25) is 0 Å². The predicted octanol–water partition coefficient (Wildman–Crippen LogP) is 3.79. The number of carbonyl (C=O) groups is 1. The van der Waals surface area contributed by atoms with Gasteiger partial charge in [-0.05, 0) is 49.6 Å². The Hall–Kier alpha value is -3.33. The van der Waals surface area contributed by atoms with Crippen molar-refractivity contribution in [1.82, 2.24) is 10.3 Å². The summed E-state index contributed by atoms with van der Waals surface area (Å²) < 4.78 is 5.84. The molecule has 1 N–H and O–H groups in total. The molecule has 1 atom stereocenters. The quantitative estimate of drug-likeness (QED) is 0.751. The molecule has 4 rings (SSSR count). The van der Waals surface area contributed by atoms with Crippen molar-refractivity contribution in [2.24, 2.45) is 5.92 Å². The number of anilines is 1. The Bertz CT molecular complexity index is 978. The van der Waals surface area contributed by atoms with Crippen LogP contribution < -0.4 is 10.2 Å². The number of hydrogen-bond donors (Lipinski definition) is 1. The number of para-hydroxylation sites is 2. The van der Waals surface area contributed by atoms with Crippen LogP contribution in [-0.2, 0) is 4.79 Å².